The molecule has 0 bridgehead atoms. The van der Waals surface area contributed by atoms with E-state index in [1.807, 2.05) is 20.8 Å². The molecule has 1 rings (SSSR count). The van der Waals surface area contributed by atoms with E-state index in [4.69, 9.17) is 5.14 Å². The Morgan fingerprint density at radius 2 is 2.00 bits per heavy atom. The molecular formula is C8H15N3O3S. The third-order valence-corrected chi connectivity index (χ3v) is 2.21. The fourth-order valence-corrected chi connectivity index (χ4v) is 1.41. The summed E-state index contributed by atoms with van der Waals surface area (Å²) in [6.45, 7) is 5.90. The van der Waals surface area contributed by atoms with E-state index in [9.17, 15) is 8.42 Å². The Morgan fingerprint density at radius 1 is 1.47 bits per heavy atom. The summed E-state index contributed by atoms with van der Waals surface area (Å²) in [5.41, 5.74) is 0.571. The number of hydrogen-bond donors (Lipinski definition) is 1. The van der Waals surface area contributed by atoms with Crippen molar-refractivity contribution in [1.82, 2.24) is 9.78 Å². The van der Waals surface area contributed by atoms with Crippen molar-refractivity contribution in [2.24, 2.45) is 12.2 Å². The van der Waals surface area contributed by atoms with Crippen molar-refractivity contribution < 1.29 is 12.6 Å². The van der Waals surface area contributed by atoms with E-state index < -0.39 is 10.3 Å². The molecule has 7 heteroatoms. The lowest BCUT2D eigenvalue weighted by Crippen LogP contribution is -2.20. The molecule has 0 amide bonds. The monoisotopic (exact) mass is 233 g/mol. The quantitative estimate of drug-likeness (QED) is 0.795. The summed E-state index contributed by atoms with van der Waals surface area (Å²) in [4.78, 5) is 0. The Labute approximate surface area is 89.3 Å². The molecule has 0 saturated carbocycles. The number of rotatable bonds is 2. The number of nitrogens with two attached hydrogens (primary N) is 1. The maximum Gasteiger partial charge on any atom is 0.381 e. The van der Waals surface area contributed by atoms with Gasteiger partial charge in [-0.25, -0.2) is 4.68 Å². The summed E-state index contributed by atoms with van der Waals surface area (Å²) in [5, 5.41) is 8.90. The van der Waals surface area contributed by atoms with Gasteiger partial charge < -0.3 is 4.18 Å². The topological polar surface area (TPSA) is 87.2 Å². The molecule has 15 heavy (non-hydrogen) atoms. The van der Waals surface area contributed by atoms with Gasteiger partial charge in [0.05, 0.1) is 5.69 Å². The minimum atomic E-state index is -3.99. The van der Waals surface area contributed by atoms with E-state index in [0.717, 1.165) is 5.69 Å². The Morgan fingerprint density at radius 3 is 2.33 bits per heavy atom. The molecule has 0 aromatic carbocycles. The van der Waals surface area contributed by atoms with E-state index in [1.165, 1.54) is 4.68 Å². The molecular weight excluding hydrogens is 218 g/mol. The van der Waals surface area contributed by atoms with Gasteiger partial charge in [0, 0.05) is 18.5 Å². The Bertz CT molecular complexity index is 456. The summed E-state index contributed by atoms with van der Waals surface area (Å²) in [7, 11) is -2.40. The summed E-state index contributed by atoms with van der Waals surface area (Å²) in [5.74, 6) is 0.113. The highest BCUT2D eigenvalue weighted by Crippen LogP contribution is 2.24. The first kappa shape index (κ1) is 12.0. The van der Waals surface area contributed by atoms with Crippen LogP contribution in [0.3, 0.4) is 0 Å². The van der Waals surface area contributed by atoms with Crippen LogP contribution in [0, 0.1) is 0 Å². The van der Waals surface area contributed by atoms with Crippen LogP contribution in [0.4, 0.5) is 0 Å². The van der Waals surface area contributed by atoms with Crippen LogP contribution in [0.25, 0.3) is 0 Å². The van der Waals surface area contributed by atoms with Crippen LogP contribution in [-0.2, 0) is 22.8 Å². The maximum atomic E-state index is 10.7. The average molecular weight is 233 g/mol. The predicted octanol–water partition coefficient (Wildman–Crippen LogP) is 0.300. The van der Waals surface area contributed by atoms with Crippen LogP contribution >= 0.6 is 0 Å². The third-order valence-electron chi connectivity index (χ3n) is 1.81. The molecule has 6 nitrogen and oxygen atoms in total. The second kappa shape index (κ2) is 3.49. The Hall–Kier alpha value is -1.08. The first-order chi connectivity index (χ1) is 6.59. The van der Waals surface area contributed by atoms with Gasteiger partial charge >= 0.3 is 10.3 Å². The van der Waals surface area contributed by atoms with Gasteiger partial charge in [0.25, 0.3) is 0 Å². The SMILES string of the molecule is Cn1nc(C(C)(C)C)cc1OS(N)(=O)=O. The highest BCUT2D eigenvalue weighted by molar-refractivity contribution is 7.84. The molecule has 0 unspecified atom stereocenters. The van der Waals surface area contributed by atoms with Crippen LogP contribution in [0.1, 0.15) is 26.5 Å². The van der Waals surface area contributed by atoms with Gasteiger partial charge in [-0.05, 0) is 0 Å². The molecule has 86 valence electrons. The maximum absolute atomic E-state index is 10.7. The molecule has 0 aliphatic heterocycles. The molecule has 0 aliphatic carbocycles. The number of aromatic nitrogens is 2. The van der Waals surface area contributed by atoms with Gasteiger partial charge in [-0.1, -0.05) is 20.8 Å². The highest BCUT2D eigenvalue weighted by atomic mass is 32.2. The fourth-order valence-electron chi connectivity index (χ4n) is 1.01. The lowest BCUT2D eigenvalue weighted by molar-refractivity contribution is 0.456. The molecule has 1 aromatic rings. The van der Waals surface area contributed by atoms with Crippen LogP contribution in [0.2, 0.25) is 0 Å². The molecule has 1 heterocycles. The summed E-state index contributed by atoms with van der Waals surface area (Å²) >= 11 is 0. The minimum absolute atomic E-state index is 0.113. The van der Waals surface area contributed by atoms with Crippen LogP contribution in [0.15, 0.2) is 6.07 Å². The standard InChI is InChI=1S/C8H15N3O3S/c1-8(2,3)6-5-7(11(4)10-6)14-15(9,12)13/h5H,1-4H3,(H2,9,12,13). The zero-order valence-electron chi connectivity index (χ0n) is 9.18. The van der Waals surface area contributed by atoms with Gasteiger partial charge in [-0.15, -0.1) is 0 Å². The number of hydrogen-bond acceptors (Lipinski definition) is 4. The van der Waals surface area contributed by atoms with Crippen LogP contribution in [0.5, 0.6) is 5.88 Å². The zero-order chi connectivity index (χ0) is 11.9. The molecule has 1 aromatic heterocycles. The van der Waals surface area contributed by atoms with Crippen molar-refractivity contribution >= 4 is 10.3 Å². The fraction of sp³-hybridized carbons (Fsp3) is 0.625. The molecule has 2 N–H and O–H groups in total. The number of nitrogens with zero attached hydrogens (tertiary/aromatic N) is 2. The van der Waals surface area contributed by atoms with Gasteiger partial charge in [0.1, 0.15) is 0 Å². The minimum Gasteiger partial charge on any atom is -0.351 e. The van der Waals surface area contributed by atoms with Crippen molar-refractivity contribution in [2.75, 3.05) is 0 Å². The van der Waals surface area contributed by atoms with Gasteiger partial charge in [-0.3, -0.25) is 0 Å². The normalized spacial score (nSPS) is 12.9. The van der Waals surface area contributed by atoms with E-state index in [2.05, 4.69) is 9.28 Å². The second-order valence-corrected chi connectivity index (χ2v) is 5.47. The first-order valence-electron chi connectivity index (χ1n) is 4.36. The van der Waals surface area contributed by atoms with E-state index >= 15 is 0 Å². The van der Waals surface area contributed by atoms with Gasteiger partial charge in [-0.2, -0.15) is 18.7 Å². The lowest BCUT2D eigenvalue weighted by atomic mass is 9.93. The van der Waals surface area contributed by atoms with Gasteiger partial charge in [0.2, 0.25) is 5.88 Å². The highest BCUT2D eigenvalue weighted by Gasteiger charge is 2.21. The summed E-state index contributed by atoms with van der Waals surface area (Å²) in [6, 6.07) is 1.56. The van der Waals surface area contributed by atoms with Gasteiger partial charge in [0.15, 0.2) is 0 Å². The molecule has 0 fully saturated rings. The van der Waals surface area contributed by atoms with Crippen LogP contribution < -0.4 is 9.32 Å². The molecule has 0 aliphatic rings. The van der Waals surface area contributed by atoms with E-state index in [0.29, 0.717) is 0 Å². The Balaban J connectivity index is 3.08. The zero-order valence-corrected chi connectivity index (χ0v) is 10.00. The molecule has 0 saturated heterocycles. The van der Waals surface area contributed by atoms with Crippen molar-refractivity contribution in [3.63, 3.8) is 0 Å². The van der Waals surface area contributed by atoms with Crippen molar-refractivity contribution in [2.45, 2.75) is 26.2 Å². The van der Waals surface area contributed by atoms with Crippen molar-refractivity contribution in [3.8, 4) is 5.88 Å². The predicted molar refractivity (Wildman–Crippen MR) is 55.6 cm³/mol. The third kappa shape index (κ3) is 3.21. The lowest BCUT2D eigenvalue weighted by Gasteiger charge is -2.13. The summed E-state index contributed by atoms with van der Waals surface area (Å²) in [6.07, 6.45) is 0. The van der Waals surface area contributed by atoms with E-state index in [-0.39, 0.29) is 11.3 Å². The van der Waals surface area contributed by atoms with E-state index in [1.54, 1.807) is 13.1 Å². The second-order valence-electron chi connectivity index (χ2n) is 4.32. The molecule has 0 radical (unpaired) electrons. The molecule has 0 spiro atoms. The largest absolute Gasteiger partial charge is 0.381 e. The average Bonchev–Trinajstić information content (AvgIpc) is 2.27. The number of aryl methyl sites for hydroxylation is 1. The smallest absolute Gasteiger partial charge is 0.351 e. The van der Waals surface area contributed by atoms with Crippen molar-refractivity contribution in [3.05, 3.63) is 11.8 Å². The van der Waals surface area contributed by atoms with Crippen molar-refractivity contribution in [1.29, 1.82) is 0 Å². The Kier molecular flexibility index (Phi) is 2.79. The summed E-state index contributed by atoms with van der Waals surface area (Å²) < 4.78 is 27.3. The molecule has 0 atom stereocenters. The first-order valence-corrected chi connectivity index (χ1v) is 5.83. The van der Waals surface area contributed by atoms with Crippen LogP contribution in [-0.4, -0.2) is 18.2 Å².